The Morgan fingerprint density at radius 3 is 2.71 bits per heavy atom. The number of thioether (sulfide) groups is 2. The molecular weight excluding hydrogens is 478 g/mol. The van der Waals surface area contributed by atoms with E-state index in [1.807, 2.05) is 24.3 Å². The number of benzene rings is 2. The van der Waals surface area contributed by atoms with Crippen molar-refractivity contribution in [1.29, 1.82) is 0 Å². The lowest BCUT2D eigenvalue weighted by atomic mass is 10.00. The minimum absolute atomic E-state index is 0.104. The van der Waals surface area contributed by atoms with Gasteiger partial charge in [0.2, 0.25) is 5.91 Å². The van der Waals surface area contributed by atoms with Crippen LogP contribution in [-0.4, -0.2) is 62.3 Å². The Kier molecular flexibility index (Phi) is 7.35. The number of nitro benzene ring substituents is 1. The number of carbonyl (C=O) groups is 3. The molecule has 4 rings (SSSR count). The average molecular weight is 500 g/mol. The van der Waals surface area contributed by atoms with Crippen LogP contribution in [0.15, 0.2) is 52.3 Å². The summed E-state index contributed by atoms with van der Waals surface area (Å²) in [6.07, 6.45) is 2.13. The molecule has 1 fully saturated rings. The maximum Gasteiger partial charge on any atom is 0.294 e. The van der Waals surface area contributed by atoms with E-state index in [4.69, 9.17) is 5.11 Å². The number of fused-ring (bicyclic) bond motifs is 1. The predicted octanol–water partition coefficient (Wildman–Crippen LogP) is 3.30. The smallest absolute Gasteiger partial charge is 0.294 e. The molecule has 34 heavy (non-hydrogen) atoms. The SMILES string of the molecule is O=C(CN1C(=O)S/C(=C\c2ccc(SCCO)c([N+](=O)[O-])c2)C1=O)N1CCc2ccccc2C1. The van der Waals surface area contributed by atoms with Crippen molar-refractivity contribution >= 4 is 52.3 Å². The van der Waals surface area contributed by atoms with E-state index < -0.39 is 16.1 Å². The zero-order valence-electron chi connectivity index (χ0n) is 18.0. The summed E-state index contributed by atoms with van der Waals surface area (Å²) in [4.78, 5) is 52.1. The second kappa shape index (κ2) is 10.4. The molecule has 3 amide bonds. The van der Waals surface area contributed by atoms with Gasteiger partial charge in [0.15, 0.2) is 0 Å². The molecule has 0 spiro atoms. The van der Waals surface area contributed by atoms with Crippen LogP contribution in [-0.2, 0) is 22.6 Å². The highest BCUT2D eigenvalue weighted by molar-refractivity contribution is 8.18. The molecule has 2 aliphatic heterocycles. The van der Waals surface area contributed by atoms with E-state index in [9.17, 15) is 24.5 Å². The van der Waals surface area contributed by atoms with E-state index in [0.29, 0.717) is 41.1 Å². The van der Waals surface area contributed by atoms with Crippen LogP contribution in [0.4, 0.5) is 10.5 Å². The van der Waals surface area contributed by atoms with Crippen LogP contribution in [0.1, 0.15) is 16.7 Å². The fraction of sp³-hybridized carbons (Fsp3) is 0.261. The van der Waals surface area contributed by atoms with E-state index in [-0.39, 0.29) is 29.7 Å². The van der Waals surface area contributed by atoms with Crippen LogP contribution >= 0.6 is 23.5 Å². The molecule has 0 radical (unpaired) electrons. The number of rotatable bonds is 7. The van der Waals surface area contributed by atoms with Gasteiger partial charge in [0.05, 0.1) is 21.3 Å². The lowest BCUT2D eigenvalue weighted by Crippen LogP contribution is -2.44. The predicted molar refractivity (Wildman–Crippen MR) is 129 cm³/mol. The number of hydrogen-bond donors (Lipinski definition) is 1. The van der Waals surface area contributed by atoms with Gasteiger partial charge in [0.1, 0.15) is 6.54 Å². The number of amides is 3. The molecule has 0 saturated carbocycles. The first-order chi connectivity index (χ1) is 16.4. The molecule has 1 N–H and O–H groups in total. The topological polar surface area (TPSA) is 121 Å². The molecule has 2 aromatic carbocycles. The summed E-state index contributed by atoms with van der Waals surface area (Å²) in [5.41, 5.74) is 2.49. The van der Waals surface area contributed by atoms with Gasteiger partial charge in [-0.25, -0.2) is 0 Å². The van der Waals surface area contributed by atoms with Crippen LogP contribution in [0.5, 0.6) is 0 Å². The summed E-state index contributed by atoms with van der Waals surface area (Å²) in [5, 5.41) is 19.8. The molecule has 0 aliphatic carbocycles. The minimum atomic E-state index is -0.595. The number of nitro groups is 1. The van der Waals surface area contributed by atoms with E-state index in [1.165, 1.54) is 17.7 Å². The zero-order valence-corrected chi connectivity index (χ0v) is 19.6. The van der Waals surface area contributed by atoms with Crippen molar-refractivity contribution in [3.05, 3.63) is 74.2 Å². The van der Waals surface area contributed by atoms with Crippen LogP contribution in [0.25, 0.3) is 6.08 Å². The number of imide groups is 1. The molecule has 0 unspecified atom stereocenters. The number of carbonyl (C=O) groups excluding carboxylic acids is 3. The van der Waals surface area contributed by atoms with Gasteiger partial charge in [0.25, 0.3) is 16.8 Å². The number of aliphatic hydroxyl groups is 1. The second-order valence-electron chi connectivity index (χ2n) is 7.66. The third-order valence-electron chi connectivity index (χ3n) is 5.48. The summed E-state index contributed by atoms with van der Waals surface area (Å²) in [5.74, 6) is -0.587. The lowest BCUT2D eigenvalue weighted by Gasteiger charge is -2.29. The molecule has 0 bridgehead atoms. The first kappa shape index (κ1) is 24.0. The highest BCUT2D eigenvalue weighted by atomic mass is 32.2. The Labute approximate surface area is 203 Å². The summed E-state index contributed by atoms with van der Waals surface area (Å²) in [6, 6.07) is 12.3. The molecule has 2 aromatic rings. The van der Waals surface area contributed by atoms with Crippen molar-refractivity contribution in [2.45, 2.75) is 17.9 Å². The Morgan fingerprint density at radius 1 is 1.21 bits per heavy atom. The summed E-state index contributed by atoms with van der Waals surface area (Å²) in [7, 11) is 0. The van der Waals surface area contributed by atoms with E-state index in [2.05, 4.69) is 0 Å². The molecule has 0 atom stereocenters. The van der Waals surface area contributed by atoms with Crippen molar-refractivity contribution in [1.82, 2.24) is 9.80 Å². The summed E-state index contributed by atoms with van der Waals surface area (Å²) >= 11 is 1.86. The number of aliphatic hydroxyl groups excluding tert-OH is 1. The highest BCUT2D eigenvalue weighted by Gasteiger charge is 2.37. The molecule has 176 valence electrons. The van der Waals surface area contributed by atoms with Gasteiger partial charge >= 0.3 is 0 Å². The largest absolute Gasteiger partial charge is 0.396 e. The van der Waals surface area contributed by atoms with E-state index in [1.54, 1.807) is 17.0 Å². The first-order valence-corrected chi connectivity index (χ1v) is 12.3. The van der Waals surface area contributed by atoms with Gasteiger partial charge in [-0.3, -0.25) is 29.4 Å². The Bertz CT molecular complexity index is 1200. The van der Waals surface area contributed by atoms with Gasteiger partial charge < -0.3 is 10.0 Å². The van der Waals surface area contributed by atoms with Gasteiger partial charge in [-0.1, -0.05) is 30.3 Å². The van der Waals surface area contributed by atoms with E-state index >= 15 is 0 Å². The van der Waals surface area contributed by atoms with Crippen molar-refractivity contribution in [2.75, 3.05) is 25.4 Å². The van der Waals surface area contributed by atoms with Crippen LogP contribution < -0.4 is 0 Å². The molecule has 2 aliphatic rings. The monoisotopic (exact) mass is 499 g/mol. The molecule has 9 nitrogen and oxygen atoms in total. The second-order valence-corrected chi connectivity index (χ2v) is 9.79. The molecular formula is C23H21N3O6S2. The molecule has 0 aromatic heterocycles. The first-order valence-electron chi connectivity index (χ1n) is 10.5. The molecule has 1 saturated heterocycles. The number of hydrogen-bond acceptors (Lipinski definition) is 8. The minimum Gasteiger partial charge on any atom is -0.396 e. The number of nitrogens with zero attached hydrogens (tertiary/aromatic N) is 3. The maximum atomic E-state index is 12.8. The fourth-order valence-corrected chi connectivity index (χ4v) is 5.37. The fourth-order valence-electron chi connectivity index (χ4n) is 3.78. The third kappa shape index (κ3) is 5.16. The molecule has 11 heteroatoms. The quantitative estimate of drug-likeness (QED) is 0.267. The summed E-state index contributed by atoms with van der Waals surface area (Å²) < 4.78 is 0. The van der Waals surface area contributed by atoms with Crippen molar-refractivity contribution in [3.63, 3.8) is 0 Å². The Morgan fingerprint density at radius 2 is 1.97 bits per heavy atom. The Hall–Kier alpha value is -3.15. The van der Waals surface area contributed by atoms with E-state index in [0.717, 1.165) is 28.6 Å². The third-order valence-corrected chi connectivity index (χ3v) is 7.43. The van der Waals surface area contributed by atoms with Crippen molar-refractivity contribution in [2.24, 2.45) is 0 Å². The van der Waals surface area contributed by atoms with Gasteiger partial charge in [-0.15, -0.1) is 11.8 Å². The molecule has 2 heterocycles. The van der Waals surface area contributed by atoms with Crippen LogP contribution in [0.3, 0.4) is 0 Å². The summed E-state index contributed by atoms with van der Waals surface area (Å²) in [6.45, 7) is 0.498. The van der Waals surface area contributed by atoms with Crippen LogP contribution in [0.2, 0.25) is 0 Å². The maximum absolute atomic E-state index is 12.8. The zero-order chi connectivity index (χ0) is 24.2. The van der Waals surface area contributed by atoms with Gasteiger partial charge in [-0.2, -0.15) is 0 Å². The van der Waals surface area contributed by atoms with Crippen molar-refractivity contribution < 1.29 is 24.4 Å². The van der Waals surface area contributed by atoms with Crippen molar-refractivity contribution in [3.8, 4) is 0 Å². The average Bonchev–Trinajstić information content (AvgIpc) is 3.09. The normalized spacial score (nSPS) is 16.8. The highest BCUT2D eigenvalue weighted by Crippen LogP contribution is 2.35. The van der Waals surface area contributed by atoms with Gasteiger partial charge in [-0.05, 0) is 47.0 Å². The van der Waals surface area contributed by atoms with Gasteiger partial charge in [0, 0.05) is 24.9 Å². The Balaban J connectivity index is 1.47. The van der Waals surface area contributed by atoms with Crippen LogP contribution in [0, 0.1) is 10.1 Å². The standard InChI is InChI=1S/C23H21N3O6S2/c27-9-10-33-19-6-5-15(11-18(19)26(31)32)12-20-22(29)25(23(30)34-20)14-21(28)24-8-7-16-3-1-2-4-17(16)13-24/h1-6,11-12,27H,7-10,13-14H2/b20-12-. The lowest BCUT2D eigenvalue weighted by molar-refractivity contribution is -0.387.